The third-order valence-corrected chi connectivity index (χ3v) is 6.22. The maximum Gasteiger partial charge on any atom is 0.217 e. The average Bonchev–Trinajstić information content (AvgIpc) is 2.88. The van der Waals surface area contributed by atoms with Gasteiger partial charge in [0.25, 0.3) is 0 Å². The second kappa shape index (κ2) is 12.1. The van der Waals surface area contributed by atoms with E-state index in [2.05, 4.69) is 41.5 Å². The smallest absolute Gasteiger partial charge is 0.217 e. The van der Waals surface area contributed by atoms with Gasteiger partial charge >= 0.3 is 0 Å². The Hall–Kier alpha value is -3.03. The first-order valence-corrected chi connectivity index (χ1v) is 12.1. The lowest BCUT2D eigenvalue weighted by Gasteiger charge is -2.38. The van der Waals surface area contributed by atoms with Crippen LogP contribution in [-0.4, -0.2) is 35.6 Å². The summed E-state index contributed by atoms with van der Waals surface area (Å²) in [7, 11) is 2.11. The monoisotopic (exact) mass is 474 g/mol. The minimum atomic E-state index is -0.490. The van der Waals surface area contributed by atoms with Gasteiger partial charge in [-0.2, -0.15) is 0 Å². The molecular weight excluding hydrogens is 440 g/mol. The van der Waals surface area contributed by atoms with Crippen molar-refractivity contribution in [2.75, 3.05) is 13.6 Å². The summed E-state index contributed by atoms with van der Waals surface area (Å²) >= 11 is 0. The molecule has 0 aromatic heterocycles. The fourth-order valence-electron chi connectivity index (χ4n) is 4.36. The summed E-state index contributed by atoms with van der Waals surface area (Å²) in [6, 6.07) is 26.4. The van der Waals surface area contributed by atoms with Crippen molar-refractivity contribution in [1.29, 1.82) is 0 Å². The summed E-state index contributed by atoms with van der Waals surface area (Å²) in [4.78, 5) is 13.5. The Morgan fingerprint density at radius 3 is 2.23 bits per heavy atom. The van der Waals surface area contributed by atoms with Gasteiger partial charge in [-0.1, -0.05) is 78.9 Å². The van der Waals surface area contributed by atoms with E-state index in [1.54, 1.807) is 0 Å². The van der Waals surface area contributed by atoms with E-state index >= 15 is 0 Å². The second-order valence-corrected chi connectivity index (χ2v) is 9.18. The van der Waals surface area contributed by atoms with Crippen LogP contribution >= 0.6 is 0 Å². The molecule has 1 amide bonds. The minimum Gasteiger partial charge on any atom is -0.392 e. The Bertz CT molecular complexity index is 1070. The first-order chi connectivity index (χ1) is 17.0. The highest BCUT2D eigenvalue weighted by atomic mass is 16.7. The third-order valence-electron chi connectivity index (χ3n) is 6.22. The van der Waals surface area contributed by atoms with Gasteiger partial charge in [-0.25, -0.2) is 0 Å². The molecule has 0 saturated carbocycles. The number of nitrogens with one attached hydrogen (secondary N) is 1. The number of rotatable bonds is 9. The first kappa shape index (κ1) is 25.1. The lowest BCUT2D eigenvalue weighted by Crippen LogP contribution is -2.37. The number of aliphatic hydroxyl groups excluding tert-OH is 1. The van der Waals surface area contributed by atoms with Crippen LogP contribution in [0.2, 0.25) is 0 Å². The average molecular weight is 475 g/mol. The topological polar surface area (TPSA) is 71.0 Å². The molecule has 1 saturated heterocycles. The van der Waals surface area contributed by atoms with Crippen molar-refractivity contribution in [3.63, 3.8) is 0 Å². The quantitative estimate of drug-likeness (QED) is 0.478. The lowest BCUT2D eigenvalue weighted by atomic mass is 9.99. The Morgan fingerprint density at radius 1 is 0.914 bits per heavy atom. The Kier molecular flexibility index (Phi) is 8.66. The molecular formula is C29H34N2O4. The van der Waals surface area contributed by atoms with Crippen molar-refractivity contribution in [2.24, 2.45) is 0 Å². The standard InChI is InChI=1S/C29H34N2O4/c1-21(33)30-17-22-8-14-26(15-9-22)29-34-27(19-31(2)18-23-6-4-3-5-7-23)16-28(35-29)25-12-10-24(20-32)11-13-25/h3-15,27-29,32H,16-20H2,1-2H3,(H,30,33). The molecule has 0 bridgehead atoms. The molecule has 2 N–H and O–H groups in total. The summed E-state index contributed by atoms with van der Waals surface area (Å²) in [5, 5.41) is 12.2. The SMILES string of the molecule is CC(=O)NCc1ccc(C2OC(CN(C)Cc3ccccc3)CC(c3ccc(CO)cc3)O2)cc1. The maximum atomic E-state index is 11.2. The highest BCUT2D eigenvalue weighted by Crippen LogP contribution is 2.38. The fourth-order valence-corrected chi connectivity index (χ4v) is 4.36. The number of hydrogen-bond acceptors (Lipinski definition) is 5. The second-order valence-electron chi connectivity index (χ2n) is 9.18. The van der Waals surface area contributed by atoms with Crippen LogP contribution in [0, 0.1) is 0 Å². The number of nitrogens with zero attached hydrogens (tertiary/aromatic N) is 1. The molecule has 3 unspecified atom stereocenters. The minimum absolute atomic E-state index is 0.0102. The summed E-state index contributed by atoms with van der Waals surface area (Å²) in [6.07, 6.45) is 0.130. The highest BCUT2D eigenvalue weighted by Gasteiger charge is 2.32. The van der Waals surface area contributed by atoms with E-state index in [0.717, 1.165) is 41.8 Å². The summed E-state index contributed by atoms with van der Waals surface area (Å²) in [5.74, 6) is -0.0504. The molecule has 3 aromatic carbocycles. The molecule has 0 aliphatic carbocycles. The van der Waals surface area contributed by atoms with E-state index in [4.69, 9.17) is 9.47 Å². The number of carbonyl (C=O) groups is 1. The number of benzene rings is 3. The number of ether oxygens (including phenoxy) is 2. The van der Waals surface area contributed by atoms with Crippen LogP contribution in [0.25, 0.3) is 0 Å². The summed E-state index contributed by atoms with van der Waals surface area (Å²) in [6.45, 7) is 3.66. The number of hydrogen-bond donors (Lipinski definition) is 2. The van der Waals surface area contributed by atoms with Crippen LogP contribution < -0.4 is 5.32 Å². The Balaban J connectivity index is 1.49. The Labute approximate surface area is 207 Å². The largest absolute Gasteiger partial charge is 0.392 e. The van der Waals surface area contributed by atoms with Crippen LogP contribution in [0.4, 0.5) is 0 Å². The van der Waals surface area contributed by atoms with Crippen LogP contribution in [-0.2, 0) is 34.0 Å². The molecule has 3 aromatic rings. The lowest BCUT2D eigenvalue weighted by molar-refractivity contribution is -0.252. The molecule has 1 aliphatic heterocycles. The molecule has 35 heavy (non-hydrogen) atoms. The van der Waals surface area contributed by atoms with Gasteiger partial charge in [0.15, 0.2) is 6.29 Å². The number of amides is 1. The highest BCUT2D eigenvalue weighted by molar-refractivity contribution is 5.72. The normalized spacial score (nSPS) is 20.1. The van der Waals surface area contributed by atoms with Crippen molar-refractivity contribution in [3.8, 4) is 0 Å². The van der Waals surface area contributed by atoms with Gasteiger partial charge in [0.05, 0.1) is 18.8 Å². The molecule has 6 nitrogen and oxygen atoms in total. The van der Waals surface area contributed by atoms with Crippen LogP contribution in [0.5, 0.6) is 0 Å². The molecule has 6 heteroatoms. The van der Waals surface area contributed by atoms with Crippen molar-refractivity contribution in [1.82, 2.24) is 10.2 Å². The van der Waals surface area contributed by atoms with Crippen molar-refractivity contribution >= 4 is 5.91 Å². The third kappa shape index (κ3) is 7.23. The van der Waals surface area contributed by atoms with Crippen molar-refractivity contribution in [2.45, 2.75) is 51.5 Å². The van der Waals surface area contributed by atoms with Gasteiger partial charge in [0, 0.05) is 38.5 Å². The molecule has 1 heterocycles. The fraction of sp³-hybridized carbons (Fsp3) is 0.345. The zero-order chi connectivity index (χ0) is 24.6. The zero-order valence-corrected chi connectivity index (χ0v) is 20.4. The van der Waals surface area contributed by atoms with Gasteiger partial charge in [-0.3, -0.25) is 9.69 Å². The van der Waals surface area contributed by atoms with Crippen molar-refractivity contribution < 1.29 is 19.4 Å². The molecule has 0 spiro atoms. The molecule has 0 radical (unpaired) electrons. The summed E-state index contributed by atoms with van der Waals surface area (Å²) in [5.41, 5.74) is 5.20. The number of carbonyl (C=O) groups excluding carboxylic acids is 1. The van der Waals surface area contributed by atoms with Crippen LogP contribution in [0.1, 0.15) is 53.6 Å². The van der Waals surface area contributed by atoms with E-state index in [-0.39, 0.29) is 24.7 Å². The van der Waals surface area contributed by atoms with Gasteiger partial charge in [0.2, 0.25) is 5.91 Å². The maximum absolute atomic E-state index is 11.2. The molecule has 1 aliphatic rings. The van der Waals surface area contributed by atoms with E-state index in [1.807, 2.05) is 54.6 Å². The van der Waals surface area contributed by atoms with E-state index in [1.165, 1.54) is 12.5 Å². The van der Waals surface area contributed by atoms with Gasteiger partial charge in [0.1, 0.15) is 0 Å². The van der Waals surface area contributed by atoms with Crippen LogP contribution in [0.15, 0.2) is 78.9 Å². The molecule has 4 rings (SSSR count). The van der Waals surface area contributed by atoms with E-state index in [0.29, 0.717) is 6.54 Å². The summed E-state index contributed by atoms with van der Waals surface area (Å²) < 4.78 is 12.9. The van der Waals surface area contributed by atoms with Crippen molar-refractivity contribution in [3.05, 3.63) is 107 Å². The number of likely N-dealkylation sites (N-methyl/N-ethyl adjacent to an activating group) is 1. The Morgan fingerprint density at radius 2 is 1.57 bits per heavy atom. The van der Waals surface area contributed by atoms with Crippen LogP contribution in [0.3, 0.4) is 0 Å². The molecule has 3 atom stereocenters. The van der Waals surface area contributed by atoms with Gasteiger partial charge < -0.3 is 19.9 Å². The number of aliphatic hydroxyl groups is 1. The van der Waals surface area contributed by atoms with Gasteiger partial charge in [-0.15, -0.1) is 0 Å². The predicted molar refractivity (Wildman–Crippen MR) is 135 cm³/mol. The first-order valence-electron chi connectivity index (χ1n) is 12.1. The van der Waals surface area contributed by atoms with E-state index < -0.39 is 6.29 Å². The van der Waals surface area contributed by atoms with E-state index in [9.17, 15) is 9.90 Å². The van der Waals surface area contributed by atoms with Gasteiger partial charge in [-0.05, 0) is 29.3 Å². The zero-order valence-electron chi connectivity index (χ0n) is 20.4. The molecule has 184 valence electrons. The predicted octanol–water partition coefficient (Wildman–Crippen LogP) is 4.49. The molecule has 1 fully saturated rings.